The minimum Gasteiger partial charge on any atom is -0.303 e. The van der Waals surface area contributed by atoms with Crippen molar-refractivity contribution < 1.29 is 0 Å². The summed E-state index contributed by atoms with van der Waals surface area (Å²) in [5.74, 6) is 0. The van der Waals surface area contributed by atoms with Crippen LogP contribution in [-0.4, -0.2) is 9.97 Å². The van der Waals surface area contributed by atoms with Crippen LogP contribution in [0.4, 0.5) is 0 Å². The van der Waals surface area contributed by atoms with Gasteiger partial charge in [-0.2, -0.15) is 0 Å². The van der Waals surface area contributed by atoms with Gasteiger partial charge >= 0.3 is 0 Å². The largest absolute Gasteiger partial charge is 0.303 e. The molecule has 0 radical (unpaired) electrons. The Morgan fingerprint density at radius 2 is 2.43 bits per heavy atom. The molecule has 0 saturated heterocycles. The molecule has 0 aliphatic heterocycles. The van der Waals surface area contributed by atoms with Crippen molar-refractivity contribution >= 4 is 22.7 Å². The normalized spacial score (nSPS) is 12.9. The molecule has 2 aromatic rings. The number of hydrogen-bond donors (Lipinski definition) is 1. The van der Waals surface area contributed by atoms with Gasteiger partial charge in [0, 0.05) is 35.2 Å². The molecule has 1 N–H and O–H groups in total. The van der Waals surface area contributed by atoms with Gasteiger partial charge in [0.15, 0.2) is 0 Å². The van der Waals surface area contributed by atoms with E-state index < -0.39 is 0 Å². The monoisotopic (exact) mass is 225 g/mol. The maximum absolute atomic E-state index is 4.21. The lowest BCUT2D eigenvalue weighted by Gasteiger charge is -2.09. The van der Waals surface area contributed by atoms with E-state index in [9.17, 15) is 0 Å². The van der Waals surface area contributed by atoms with Crippen molar-refractivity contribution in [1.82, 2.24) is 15.3 Å². The Bertz CT molecular complexity index is 355. The molecular formula is C9H11N3S2. The van der Waals surface area contributed by atoms with Crippen LogP contribution in [0.3, 0.4) is 0 Å². The Balaban J connectivity index is 1.87. The molecular weight excluding hydrogens is 214 g/mol. The minimum absolute atomic E-state index is 0.353. The van der Waals surface area contributed by atoms with Crippen LogP contribution < -0.4 is 5.32 Å². The molecule has 0 spiro atoms. The van der Waals surface area contributed by atoms with Gasteiger partial charge in [0.25, 0.3) is 0 Å². The highest BCUT2D eigenvalue weighted by Gasteiger charge is 2.06. The number of hydrogen-bond acceptors (Lipinski definition) is 5. The second-order valence-electron chi connectivity index (χ2n) is 2.93. The molecule has 0 aliphatic rings. The standard InChI is InChI=1S/C9H11N3S2/c1-7(8-4-10-6-14-8)12-5-9-11-2-3-13-9/h2-4,6-7,12H,5H2,1H3. The zero-order chi connectivity index (χ0) is 9.80. The molecule has 0 saturated carbocycles. The Hall–Kier alpha value is -0.780. The van der Waals surface area contributed by atoms with Gasteiger partial charge in [0.2, 0.25) is 0 Å². The first-order valence-corrected chi connectivity index (χ1v) is 6.12. The van der Waals surface area contributed by atoms with Crippen molar-refractivity contribution in [1.29, 1.82) is 0 Å². The summed E-state index contributed by atoms with van der Waals surface area (Å²) >= 11 is 3.35. The quantitative estimate of drug-likeness (QED) is 0.868. The van der Waals surface area contributed by atoms with Crippen molar-refractivity contribution in [3.63, 3.8) is 0 Å². The first kappa shape index (κ1) is 9.76. The highest BCUT2D eigenvalue weighted by Crippen LogP contribution is 2.16. The minimum atomic E-state index is 0.353. The Kier molecular flexibility index (Phi) is 3.23. The van der Waals surface area contributed by atoms with E-state index in [4.69, 9.17) is 0 Å². The Morgan fingerprint density at radius 1 is 1.50 bits per heavy atom. The highest BCUT2D eigenvalue weighted by atomic mass is 32.1. The summed E-state index contributed by atoms with van der Waals surface area (Å²) in [6, 6.07) is 0.353. The molecule has 3 nitrogen and oxygen atoms in total. The molecule has 1 atom stereocenters. The maximum atomic E-state index is 4.21. The van der Waals surface area contributed by atoms with E-state index in [1.165, 1.54) is 4.88 Å². The number of thiazole rings is 2. The first-order chi connectivity index (χ1) is 6.86. The molecule has 0 amide bonds. The van der Waals surface area contributed by atoms with E-state index in [1.807, 2.05) is 23.3 Å². The molecule has 0 aliphatic carbocycles. The number of nitrogens with one attached hydrogen (secondary N) is 1. The average Bonchev–Trinajstić information content (AvgIpc) is 2.87. The van der Waals surface area contributed by atoms with Gasteiger partial charge in [-0.1, -0.05) is 0 Å². The van der Waals surface area contributed by atoms with Crippen molar-refractivity contribution in [3.05, 3.63) is 33.2 Å². The van der Waals surface area contributed by atoms with Gasteiger partial charge < -0.3 is 5.32 Å². The third-order valence-corrected chi connectivity index (χ3v) is 3.66. The van der Waals surface area contributed by atoms with Gasteiger partial charge in [-0.05, 0) is 6.92 Å². The Labute approximate surface area is 90.9 Å². The Morgan fingerprint density at radius 3 is 3.07 bits per heavy atom. The van der Waals surface area contributed by atoms with Crippen molar-refractivity contribution in [2.45, 2.75) is 19.5 Å². The highest BCUT2D eigenvalue weighted by molar-refractivity contribution is 7.09. The van der Waals surface area contributed by atoms with E-state index in [0.29, 0.717) is 6.04 Å². The van der Waals surface area contributed by atoms with Crippen LogP contribution in [0.25, 0.3) is 0 Å². The van der Waals surface area contributed by atoms with E-state index in [2.05, 4.69) is 22.2 Å². The van der Waals surface area contributed by atoms with Crippen LogP contribution >= 0.6 is 22.7 Å². The third kappa shape index (κ3) is 2.37. The van der Waals surface area contributed by atoms with E-state index in [0.717, 1.165) is 11.6 Å². The second kappa shape index (κ2) is 4.63. The molecule has 0 aromatic carbocycles. The van der Waals surface area contributed by atoms with Crippen LogP contribution in [0.2, 0.25) is 0 Å². The topological polar surface area (TPSA) is 37.8 Å². The molecule has 0 bridgehead atoms. The molecule has 0 fully saturated rings. The molecule has 1 unspecified atom stereocenters. The van der Waals surface area contributed by atoms with Crippen molar-refractivity contribution in [2.24, 2.45) is 0 Å². The molecule has 5 heteroatoms. The molecule has 2 aromatic heterocycles. The number of aromatic nitrogens is 2. The fourth-order valence-electron chi connectivity index (χ4n) is 1.12. The zero-order valence-electron chi connectivity index (χ0n) is 7.80. The van der Waals surface area contributed by atoms with Gasteiger partial charge in [-0.25, -0.2) is 4.98 Å². The van der Waals surface area contributed by atoms with Gasteiger partial charge in [-0.15, -0.1) is 22.7 Å². The first-order valence-electron chi connectivity index (χ1n) is 4.36. The summed E-state index contributed by atoms with van der Waals surface area (Å²) in [5.41, 5.74) is 1.86. The summed E-state index contributed by atoms with van der Waals surface area (Å²) in [6.45, 7) is 2.97. The summed E-state index contributed by atoms with van der Waals surface area (Å²) < 4.78 is 0. The van der Waals surface area contributed by atoms with Crippen LogP contribution in [0, 0.1) is 0 Å². The molecule has 14 heavy (non-hydrogen) atoms. The molecule has 2 rings (SSSR count). The maximum Gasteiger partial charge on any atom is 0.106 e. The van der Waals surface area contributed by atoms with Crippen LogP contribution in [0.5, 0.6) is 0 Å². The lowest BCUT2D eigenvalue weighted by atomic mass is 10.3. The second-order valence-corrected chi connectivity index (χ2v) is 4.83. The zero-order valence-corrected chi connectivity index (χ0v) is 9.44. The van der Waals surface area contributed by atoms with Crippen molar-refractivity contribution in [3.8, 4) is 0 Å². The summed E-state index contributed by atoms with van der Waals surface area (Å²) in [4.78, 5) is 9.53. The van der Waals surface area contributed by atoms with E-state index in [1.54, 1.807) is 22.7 Å². The van der Waals surface area contributed by atoms with Crippen LogP contribution in [0.1, 0.15) is 22.9 Å². The number of rotatable bonds is 4. The van der Waals surface area contributed by atoms with E-state index in [-0.39, 0.29) is 0 Å². The van der Waals surface area contributed by atoms with E-state index >= 15 is 0 Å². The third-order valence-electron chi connectivity index (χ3n) is 1.92. The predicted molar refractivity (Wildman–Crippen MR) is 59.5 cm³/mol. The SMILES string of the molecule is CC(NCc1nccs1)c1cncs1. The molecule has 74 valence electrons. The van der Waals surface area contributed by atoms with Crippen molar-refractivity contribution in [2.75, 3.05) is 0 Å². The number of nitrogens with zero attached hydrogens (tertiary/aromatic N) is 2. The lowest BCUT2D eigenvalue weighted by molar-refractivity contribution is 0.580. The fraction of sp³-hybridized carbons (Fsp3) is 0.333. The van der Waals surface area contributed by atoms with Crippen LogP contribution in [-0.2, 0) is 6.54 Å². The fourth-order valence-corrected chi connectivity index (χ4v) is 2.34. The van der Waals surface area contributed by atoms with Gasteiger partial charge in [0.05, 0.1) is 5.51 Å². The molecule has 2 heterocycles. The average molecular weight is 225 g/mol. The predicted octanol–water partition coefficient (Wildman–Crippen LogP) is 2.45. The smallest absolute Gasteiger partial charge is 0.106 e. The lowest BCUT2D eigenvalue weighted by Crippen LogP contribution is -2.16. The van der Waals surface area contributed by atoms with Crippen LogP contribution in [0.15, 0.2) is 23.3 Å². The van der Waals surface area contributed by atoms with Gasteiger partial charge in [-0.3, -0.25) is 4.98 Å². The summed E-state index contributed by atoms with van der Waals surface area (Å²) in [7, 11) is 0. The summed E-state index contributed by atoms with van der Waals surface area (Å²) in [5, 5.41) is 6.53. The summed E-state index contributed by atoms with van der Waals surface area (Å²) in [6.07, 6.45) is 3.74. The van der Waals surface area contributed by atoms with Gasteiger partial charge in [0.1, 0.15) is 5.01 Å².